The molecule has 0 radical (unpaired) electrons. The normalized spacial score (nSPS) is 26.1. The topological polar surface area (TPSA) is 71.2 Å². The van der Waals surface area contributed by atoms with E-state index in [2.05, 4.69) is 10.3 Å². The molecule has 16 heavy (non-hydrogen) atoms. The first-order valence-electron chi connectivity index (χ1n) is 5.93. The van der Waals surface area contributed by atoms with Gasteiger partial charge < -0.3 is 16.2 Å². The summed E-state index contributed by atoms with van der Waals surface area (Å²) < 4.78 is 0. The Morgan fingerprint density at radius 3 is 2.88 bits per heavy atom. The van der Waals surface area contributed by atoms with Gasteiger partial charge in [0.15, 0.2) is 0 Å². The summed E-state index contributed by atoms with van der Waals surface area (Å²) in [5, 5.41) is 13.2. The number of rotatable bonds is 2. The molecule has 0 amide bonds. The van der Waals surface area contributed by atoms with Gasteiger partial charge >= 0.3 is 0 Å². The average molecular weight is 221 g/mol. The number of nitrogens with one attached hydrogen (secondary N) is 1. The number of aromatic nitrogens is 1. The van der Waals surface area contributed by atoms with Crippen LogP contribution in [0, 0.1) is 0 Å². The van der Waals surface area contributed by atoms with Crippen molar-refractivity contribution in [3.63, 3.8) is 0 Å². The van der Waals surface area contributed by atoms with Crippen LogP contribution in [0.25, 0.3) is 0 Å². The SMILES string of the molecule is Nc1cccc(NC2CCCCCC2O)n1. The average Bonchev–Trinajstić information content (AvgIpc) is 2.45. The molecule has 1 aromatic heterocycles. The van der Waals surface area contributed by atoms with Crippen molar-refractivity contribution in [3.8, 4) is 0 Å². The van der Waals surface area contributed by atoms with Crippen LogP contribution in [-0.4, -0.2) is 22.2 Å². The lowest BCUT2D eigenvalue weighted by molar-refractivity contribution is 0.144. The lowest BCUT2D eigenvalue weighted by Crippen LogP contribution is -2.32. The Bertz CT molecular complexity index is 343. The first-order valence-corrected chi connectivity index (χ1v) is 5.93. The van der Waals surface area contributed by atoms with Crippen molar-refractivity contribution in [2.24, 2.45) is 0 Å². The van der Waals surface area contributed by atoms with E-state index < -0.39 is 0 Å². The zero-order valence-electron chi connectivity index (χ0n) is 9.39. The molecule has 1 fully saturated rings. The summed E-state index contributed by atoms with van der Waals surface area (Å²) in [6, 6.07) is 5.62. The van der Waals surface area contributed by atoms with E-state index in [0.29, 0.717) is 5.82 Å². The van der Waals surface area contributed by atoms with Crippen LogP contribution in [0.5, 0.6) is 0 Å². The van der Waals surface area contributed by atoms with Gasteiger partial charge in [-0.25, -0.2) is 4.98 Å². The summed E-state index contributed by atoms with van der Waals surface area (Å²) in [5.74, 6) is 1.26. The number of anilines is 2. The molecule has 4 heteroatoms. The summed E-state index contributed by atoms with van der Waals surface area (Å²) in [4.78, 5) is 4.19. The smallest absolute Gasteiger partial charge is 0.128 e. The predicted molar refractivity (Wildman–Crippen MR) is 65.2 cm³/mol. The van der Waals surface area contributed by atoms with Crippen molar-refractivity contribution in [1.29, 1.82) is 0 Å². The Balaban J connectivity index is 2.02. The minimum Gasteiger partial charge on any atom is -0.391 e. The van der Waals surface area contributed by atoms with Crippen LogP contribution in [0.15, 0.2) is 18.2 Å². The Kier molecular flexibility index (Phi) is 3.62. The molecule has 0 aliphatic heterocycles. The zero-order chi connectivity index (χ0) is 11.4. The van der Waals surface area contributed by atoms with Crippen molar-refractivity contribution < 1.29 is 5.11 Å². The number of aliphatic hydroxyl groups is 1. The minimum atomic E-state index is -0.272. The summed E-state index contributed by atoms with van der Waals surface area (Å²) in [6.07, 6.45) is 5.09. The third kappa shape index (κ3) is 2.85. The van der Waals surface area contributed by atoms with Gasteiger partial charge in [0.25, 0.3) is 0 Å². The van der Waals surface area contributed by atoms with Crippen LogP contribution in [0.4, 0.5) is 11.6 Å². The lowest BCUT2D eigenvalue weighted by atomic mass is 10.1. The summed E-state index contributed by atoms with van der Waals surface area (Å²) >= 11 is 0. The van der Waals surface area contributed by atoms with Crippen molar-refractivity contribution in [3.05, 3.63) is 18.2 Å². The van der Waals surface area contributed by atoms with Crippen LogP contribution in [-0.2, 0) is 0 Å². The highest BCUT2D eigenvalue weighted by molar-refractivity contribution is 5.43. The van der Waals surface area contributed by atoms with Crippen molar-refractivity contribution >= 4 is 11.6 Å². The van der Waals surface area contributed by atoms with E-state index in [1.165, 1.54) is 6.42 Å². The standard InChI is InChI=1S/C12H19N3O/c13-11-7-4-8-12(15-11)14-9-5-2-1-3-6-10(9)16/h4,7-10,16H,1-3,5-6H2,(H3,13,14,15). The van der Waals surface area contributed by atoms with E-state index >= 15 is 0 Å². The first kappa shape index (κ1) is 11.2. The molecule has 0 bridgehead atoms. The minimum absolute atomic E-state index is 0.108. The molecule has 1 saturated carbocycles. The second-order valence-electron chi connectivity index (χ2n) is 4.40. The fourth-order valence-corrected chi connectivity index (χ4v) is 2.18. The fraction of sp³-hybridized carbons (Fsp3) is 0.583. The molecule has 4 N–H and O–H groups in total. The van der Waals surface area contributed by atoms with Crippen molar-refractivity contribution in [2.75, 3.05) is 11.1 Å². The molecule has 0 aromatic carbocycles. The molecule has 1 aromatic rings. The molecule has 0 saturated heterocycles. The molecule has 2 rings (SSSR count). The van der Waals surface area contributed by atoms with Gasteiger partial charge in [0.05, 0.1) is 12.1 Å². The van der Waals surface area contributed by atoms with Crippen LogP contribution < -0.4 is 11.1 Å². The number of aliphatic hydroxyl groups excluding tert-OH is 1. The van der Waals surface area contributed by atoms with Crippen molar-refractivity contribution in [1.82, 2.24) is 4.98 Å². The molecule has 1 heterocycles. The van der Waals surface area contributed by atoms with E-state index in [4.69, 9.17) is 5.73 Å². The predicted octanol–water partition coefficient (Wildman–Crippen LogP) is 1.77. The number of nitrogen functional groups attached to an aromatic ring is 1. The van der Waals surface area contributed by atoms with Gasteiger partial charge in [-0.05, 0) is 25.0 Å². The second-order valence-corrected chi connectivity index (χ2v) is 4.40. The Hall–Kier alpha value is -1.29. The Labute approximate surface area is 95.9 Å². The van der Waals surface area contributed by atoms with Gasteiger partial charge in [-0.3, -0.25) is 0 Å². The van der Waals surface area contributed by atoms with Crippen LogP contribution in [0.3, 0.4) is 0 Å². The number of pyridine rings is 1. The molecule has 1 aliphatic carbocycles. The summed E-state index contributed by atoms with van der Waals surface area (Å²) in [7, 11) is 0. The van der Waals surface area contributed by atoms with Crippen LogP contribution in [0.1, 0.15) is 32.1 Å². The van der Waals surface area contributed by atoms with E-state index in [-0.39, 0.29) is 12.1 Å². The van der Waals surface area contributed by atoms with Gasteiger partial charge in [0.1, 0.15) is 11.6 Å². The summed E-state index contributed by atoms with van der Waals surface area (Å²) in [5.41, 5.74) is 5.62. The number of hydrogen-bond acceptors (Lipinski definition) is 4. The number of nitrogens with zero attached hydrogens (tertiary/aromatic N) is 1. The Morgan fingerprint density at radius 1 is 1.25 bits per heavy atom. The number of nitrogens with two attached hydrogens (primary N) is 1. The molecular weight excluding hydrogens is 202 g/mol. The maximum atomic E-state index is 9.96. The molecule has 2 unspecified atom stereocenters. The maximum absolute atomic E-state index is 9.96. The quantitative estimate of drug-likeness (QED) is 0.666. The molecule has 2 atom stereocenters. The monoisotopic (exact) mass is 221 g/mol. The van der Waals surface area contributed by atoms with Crippen molar-refractivity contribution in [2.45, 2.75) is 44.2 Å². The molecule has 88 valence electrons. The van der Waals surface area contributed by atoms with Gasteiger partial charge in [-0.2, -0.15) is 0 Å². The highest BCUT2D eigenvalue weighted by Gasteiger charge is 2.21. The van der Waals surface area contributed by atoms with Gasteiger partial charge in [0, 0.05) is 0 Å². The first-order chi connectivity index (χ1) is 7.75. The van der Waals surface area contributed by atoms with E-state index in [1.54, 1.807) is 6.07 Å². The molecule has 0 spiro atoms. The van der Waals surface area contributed by atoms with E-state index in [1.807, 2.05) is 12.1 Å². The highest BCUT2D eigenvalue weighted by atomic mass is 16.3. The third-order valence-corrected chi connectivity index (χ3v) is 3.08. The lowest BCUT2D eigenvalue weighted by Gasteiger charge is -2.22. The van der Waals surface area contributed by atoms with Gasteiger partial charge in [-0.1, -0.05) is 25.3 Å². The number of hydrogen-bond donors (Lipinski definition) is 3. The molecule has 1 aliphatic rings. The van der Waals surface area contributed by atoms with Gasteiger partial charge in [0.2, 0.25) is 0 Å². The van der Waals surface area contributed by atoms with Crippen LogP contribution >= 0.6 is 0 Å². The summed E-state index contributed by atoms with van der Waals surface area (Å²) in [6.45, 7) is 0. The molecule has 4 nitrogen and oxygen atoms in total. The fourth-order valence-electron chi connectivity index (χ4n) is 2.18. The second kappa shape index (κ2) is 5.16. The van der Waals surface area contributed by atoms with E-state index in [0.717, 1.165) is 31.5 Å². The van der Waals surface area contributed by atoms with E-state index in [9.17, 15) is 5.11 Å². The third-order valence-electron chi connectivity index (χ3n) is 3.08. The zero-order valence-corrected chi connectivity index (χ0v) is 9.39. The van der Waals surface area contributed by atoms with Crippen LogP contribution in [0.2, 0.25) is 0 Å². The van der Waals surface area contributed by atoms with Gasteiger partial charge in [-0.15, -0.1) is 0 Å². The maximum Gasteiger partial charge on any atom is 0.128 e. The molecular formula is C12H19N3O. The highest BCUT2D eigenvalue weighted by Crippen LogP contribution is 2.21. The Morgan fingerprint density at radius 2 is 2.06 bits per heavy atom. The largest absolute Gasteiger partial charge is 0.391 e.